The zero-order valence-electron chi connectivity index (χ0n) is 7.58. The molecule has 0 fully saturated rings. The molecule has 0 aromatic heterocycles. The van der Waals surface area contributed by atoms with Crippen LogP contribution in [-0.4, -0.2) is 20.0 Å². The van der Waals surface area contributed by atoms with E-state index >= 15 is 0 Å². The van der Waals surface area contributed by atoms with Crippen LogP contribution >= 0.6 is 0 Å². The third-order valence-corrected chi connectivity index (χ3v) is 2.02. The number of allylic oxidation sites excluding steroid dienone is 2. The first kappa shape index (κ1) is 9.49. The lowest BCUT2D eigenvalue weighted by Crippen LogP contribution is -2.15. The van der Waals surface area contributed by atoms with Crippen molar-refractivity contribution < 1.29 is 9.47 Å². The normalized spacial score (nSPS) is 23.4. The quantitative estimate of drug-likeness (QED) is 0.599. The fourth-order valence-electron chi connectivity index (χ4n) is 1.37. The van der Waals surface area contributed by atoms with Crippen LogP contribution in [0, 0.1) is 0 Å². The van der Waals surface area contributed by atoms with Crippen LogP contribution in [0.2, 0.25) is 0 Å². The summed E-state index contributed by atoms with van der Waals surface area (Å²) in [5.41, 5.74) is 1.29. The molecule has 1 aliphatic rings. The smallest absolute Gasteiger partial charge is 0.147 e. The minimum Gasteiger partial charge on any atom is -0.359 e. The molecule has 2 nitrogen and oxygen atoms in total. The minimum absolute atomic E-state index is 0.228. The van der Waals surface area contributed by atoms with Crippen molar-refractivity contribution in [1.29, 1.82) is 0 Å². The van der Waals surface area contributed by atoms with Gasteiger partial charge in [-0.1, -0.05) is 24.3 Å². The maximum absolute atomic E-state index is 5.42. The van der Waals surface area contributed by atoms with Gasteiger partial charge in [0, 0.05) is 7.11 Å². The summed E-state index contributed by atoms with van der Waals surface area (Å²) in [5, 5.41) is 0. The predicted molar refractivity (Wildman–Crippen MR) is 48.9 cm³/mol. The van der Waals surface area contributed by atoms with Gasteiger partial charge in [0.1, 0.15) is 6.79 Å². The van der Waals surface area contributed by atoms with Gasteiger partial charge in [-0.25, -0.2) is 0 Å². The Kier molecular flexibility index (Phi) is 4.05. The molecule has 1 aliphatic carbocycles. The van der Waals surface area contributed by atoms with E-state index in [1.807, 2.05) is 6.08 Å². The van der Waals surface area contributed by atoms with Crippen LogP contribution in [0.15, 0.2) is 24.3 Å². The highest BCUT2D eigenvalue weighted by atomic mass is 16.7. The summed E-state index contributed by atoms with van der Waals surface area (Å²) in [5.74, 6) is 0. The van der Waals surface area contributed by atoms with Crippen LogP contribution in [0.5, 0.6) is 0 Å². The average Bonchev–Trinajstić information content (AvgIpc) is 2.15. The molecule has 2 heteroatoms. The summed E-state index contributed by atoms with van der Waals surface area (Å²) in [7, 11) is 1.64. The molecule has 1 atom stereocenters. The van der Waals surface area contributed by atoms with Gasteiger partial charge in [0.05, 0.1) is 6.10 Å². The maximum Gasteiger partial charge on any atom is 0.147 e. The van der Waals surface area contributed by atoms with E-state index in [4.69, 9.17) is 9.47 Å². The van der Waals surface area contributed by atoms with Crippen molar-refractivity contribution in [1.82, 2.24) is 0 Å². The van der Waals surface area contributed by atoms with Crippen molar-refractivity contribution in [2.75, 3.05) is 13.9 Å². The molecule has 0 spiro atoms. The fraction of sp³-hybridized carbons (Fsp3) is 0.600. The number of methoxy groups -OCH3 is 1. The van der Waals surface area contributed by atoms with E-state index in [-0.39, 0.29) is 6.10 Å². The van der Waals surface area contributed by atoms with E-state index in [2.05, 4.69) is 12.7 Å². The Hall–Kier alpha value is -0.600. The van der Waals surface area contributed by atoms with Gasteiger partial charge in [-0.2, -0.15) is 0 Å². The highest BCUT2D eigenvalue weighted by Crippen LogP contribution is 2.20. The van der Waals surface area contributed by atoms with Crippen molar-refractivity contribution in [3.8, 4) is 0 Å². The van der Waals surface area contributed by atoms with Gasteiger partial charge in [-0.05, 0) is 19.3 Å². The largest absolute Gasteiger partial charge is 0.359 e. The third-order valence-electron chi connectivity index (χ3n) is 2.02. The van der Waals surface area contributed by atoms with Crippen molar-refractivity contribution in [2.45, 2.75) is 25.4 Å². The summed E-state index contributed by atoms with van der Waals surface area (Å²) >= 11 is 0. The summed E-state index contributed by atoms with van der Waals surface area (Å²) in [6.07, 6.45) is 7.69. The average molecular weight is 168 g/mol. The lowest BCUT2D eigenvalue weighted by atomic mass is 9.98. The molecule has 68 valence electrons. The third kappa shape index (κ3) is 2.80. The van der Waals surface area contributed by atoms with Gasteiger partial charge < -0.3 is 9.47 Å². The van der Waals surface area contributed by atoms with E-state index in [9.17, 15) is 0 Å². The fourth-order valence-corrected chi connectivity index (χ4v) is 1.37. The van der Waals surface area contributed by atoms with Crippen LogP contribution in [0.1, 0.15) is 19.3 Å². The van der Waals surface area contributed by atoms with E-state index in [0.717, 1.165) is 12.8 Å². The summed E-state index contributed by atoms with van der Waals surface area (Å²) in [6, 6.07) is 0. The Morgan fingerprint density at radius 3 is 3.25 bits per heavy atom. The van der Waals surface area contributed by atoms with E-state index in [1.54, 1.807) is 7.11 Å². The molecule has 0 aromatic rings. The highest BCUT2D eigenvalue weighted by Gasteiger charge is 2.11. The topological polar surface area (TPSA) is 18.5 Å². The van der Waals surface area contributed by atoms with Crippen LogP contribution in [0.3, 0.4) is 0 Å². The lowest BCUT2D eigenvalue weighted by Gasteiger charge is -2.19. The second kappa shape index (κ2) is 5.12. The molecule has 0 radical (unpaired) electrons. The number of hydrogen-bond donors (Lipinski definition) is 0. The molecule has 0 N–H and O–H groups in total. The van der Waals surface area contributed by atoms with Gasteiger partial charge in [-0.15, -0.1) is 0 Å². The summed E-state index contributed by atoms with van der Waals surface area (Å²) < 4.78 is 10.3. The lowest BCUT2D eigenvalue weighted by molar-refractivity contribution is -0.0592. The summed E-state index contributed by atoms with van der Waals surface area (Å²) in [4.78, 5) is 0. The molecular weight excluding hydrogens is 152 g/mol. The molecule has 0 saturated heterocycles. The van der Waals surface area contributed by atoms with Crippen LogP contribution in [0.4, 0.5) is 0 Å². The Morgan fingerprint density at radius 1 is 1.75 bits per heavy atom. The molecule has 0 saturated carbocycles. The van der Waals surface area contributed by atoms with E-state index < -0.39 is 0 Å². The van der Waals surface area contributed by atoms with Crippen LogP contribution < -0.4 is 0 Å². The molecule has 0 aromatic carbocycles. The SMILES string of the molecule is C=CC1=C[C@@H](OCOC)CCC1. The predicted octanol–water partition coefficient (Wildman–Crippen LogP) is 2.27. The zero-order valence-corrected chi connectivity index (χ0v) is 7.58. The first-order valence-electron chi connectivity index (χ1n) is 4.30. The molecule has 0 amide bonds. The second-order valence-electron chi connectivity index (χ2n) is 2.95. The number of rotatable bonds is 4. The maximum atomic E-state index is 5.42. The van der Waals surface area contributed by atoms with Crippen LogP contribution in [-0.2, 0) is 9.47 Å². The molecule has 0 heterocycles. The molecular formula is C10H16O2. The molecule has 0 aliphatic heterocycles. The summed E-state index contributed by atoms with van der Waals surface area (Å²) in [6.45, 7) is 4.12. The number of hydrogen-bond acceptors (Lipinski definition) is 2. The molecule has 0 unspecified atom stereocenters. The standard InChI is InChI=1S/C10H16O2/c1-3-9-5-4-6-10(7-9)12-8-11-2/h3,7,10H,1,4-6,8H2,2H3/t10-/m0/s1. The highest BCUT2D eigenvalue weighted by molar-refractivity contribution is 5.19. The van der Waals surface area contributed by atoms with E-state index in [0.29, 0.717) is 6.79 Å². The molecule has 0 bridgehead atoms. The Labute approximate surface area is 73.9 Å². The second-order valence-corrected chi connectivity index (χ2v) is 2.95. The van der Waals surface area contributed by atoms with Crippen molar-refractivity contribution in [3.63, 3.8) is 0 Å². The van der Waals surface area contributed by atoms with Gasteiger partial charge in [-0.3, -0.25) is 0 Å². The Bertz CT molecular complexity index is 173. The number of ether oxygens (including phenoxy) is 2. The first-order valence-corrected chi connectivity index (χ1v) is 4.30. The minimum atomic E-state index is 0.228. The van der Waals surface area contributed by atoms with E-state index in [1.165, 1.54) is 12.0 Å². The van der Waals surface area contributed by atoms with Gasteiger partial charge >= 0.3 is 0 Å². The van der Waals surface area contributed by atoms with Gasteiger partial charge in [0.25, 0.3) is 0 Å². The molecule has 12 heavy (non-hydrogen) atoms. The molecule has 1 rings (SSSR count). The van der Waals surface area contributed by atoms with Crippen molar-refractivity contribution in [3.05, 3.63) is 24.3 Å². The monoisotopic (exact) mass is 168 g/mol. The van der Waals surface area contributed by atoms with Crippen molar-refractivity contribution >= 4 is 0 Å². The first-order chi connectivity index (χ1) is 5.86. The van der Waals surface area contributed by atoms with Gasteiger partial charge in [0.15, 0.2) is 0 Å². The Balaban J connectivity index is 2.38. The van der Waals surface area contributed by atoms with Crippen molar-refractivity contribution in [2.24, 2.45) is 0 Å². The van der Waals surface area contributed by atoms with Gasteiger partial charge in [0.2, 0.25) is 0 Å². The zero-order chi connectivity index (χ0) is 8.81. The Morgan fingerprint density at radius 2 is 2.58 bits per heavy atom. The van der Waals surface area contributed by atoms with Crippen LogP contribution in [0.25, 0.3) is 0 Å².